The maximum atomic E-state index is 13.0. The van der Waals surface area contributed by atoms with Crippen LogP contribution in [0.1, 0.15) is 12.5 Å². The number of carbonyl (C=O) groups excluding carboxylic acids is 1. The first-order chi connectivity index (χ1) is 14.8. The third kappa shape index (κ3) is 5.01. The third-order valence-corrected chi connectivity index (χ3v) is 5.35. The monoisotopic (exact) mass is 460 g/mol. The molecule has 1 saturated heterocycles. The molecule has 31 heavy (non-hydrogen) atoms. The van der Waals surface area contributed by atoms with Gasteiger partial charge in [0.1, 0.15) is 0 Å². The minimum atomic E-state index is -1.15. The average Bonchev–Trinajstić information content (AvgIpc) is 3.00. The number of thiocarbonyl (C=S) groups is 1. The highest BCUT2D eigenvalue weighted by atomic mass is 32.2. The van der Waals surface area contributed by atoms with Crippen LogP contribution in [0.25, 0.3) is 6.08 Å². The fourth-order valence-electron chi connectivity index (χ4n) is 2.76. The van der Waals surface area contributed by atoms with E-state index in [-0.39, 0.29) is 20.7 Å². The second-order valence-corrected chi connectivity index (χ2v) is 7.76. The van der Waals surface area contributed by atoms with Crippen molar-refractivity contribution in [1.82, 2.24) is 0 Å². The number of anilines is 1. The second-order valence-electron chi connectivity index (χ2n) is 6.08. The van der Waals surface area contributed by atoms with Crippen LogP contribution in [-0.4, -0.2) is 39.4 Å². The first-order valence-corrected chi connectivity index (χ1v) is 10.2. The van der Waals surface area contributed by atoms with Crippen molar-refractivity contribution in [1.29, 1.82) is 0 Å². The minimum absolute atomic E-state index is 0.0994. The van der Waals surface area contributed by atoms with Gasteiger partial charge in [-0.25, -0.2) is 4.79 Å². The quantitative estimate of drug-likeness (QED) is 0.271. The Labute approximate surface area is 186 Å². The number of nitro groups is 1. The van der Waals surface area contributed by atoms with Crippen LogP contribution >= 0.6 is 24.0 Å². The lowest BCUT2D eigenvalue weighted by Gasteiger charge is -2.14. The van der Waals surface area contributed by atoms with E-state index in [0.717, 1.165) is 11.8 Å². The number of benzene rings is 2. The summed E-state index contributed by atoms with van der Waals surface area (Å²) in [6.07, 6.45) is 1.55. The number of rotatable bonds is 8. The number of hydrogen-bond donors (Lipinski definition) is 1. The van der Waals surface area contributed by atoms with E-state index in [1.165, 1.54) is 29.2 Å². The molecule has 1 heterocycles. The summed E-state index contributed by atoms with van der Waals surface area (Å²) in [6.45, 7) is 1.55. The van der Waals surface area contributed by atoms with Crippen molar-refractivity contribution >= 4 is 57.6 Å². The predicted molar refractivity (Wildman–Crippen MR) is 119 cm³/mol. The number of para-hydroxylation sites is 1. The van der Waals surface area contributed by atoms with Gasteiger partial charge >= 0.3 is 5.97 Å². The molecular formula is C20H16N2O7S2. The largest absolute Gasteiger partial charge is 0.490 e. The zero-order chi connectivity index (χ0) is 22.5. The molecule has 11 heteroatoms. The Balaban J connectivity index is 1.94. The first-order valence-electron chi connectivity index (χ1n) is 8.94. The van der Waals surface area contributed by atoms with Crippen LogP contribution in [0.3, 0.4) is 0 Å². The third-order valence-electron chi connectivity index (χ3n) is 4.05. The molecule has 0 aliphatic carbocycles. The maximum absolute atomic E-state index is 13.0. The van der Waals surface area contributed by atoms with E-state index in [1.807, 2.05) is 0 Å². The first kappa shape index (κ1) is 22.2. The fraction of sp³-hybridized carbons (Fsp3) is 0.150. The smallest absolute Gasteiger partial charge is 0.341 e. The van der Waals surface area contributed by atoms with E-state index in [4.69, 9.17) is 26.8 Å². The van der Waals surface area contributed by atoms with Crippen molar-refractivity contribution in [3.63, 3.8) is 0 Å². The number of non-ortho nitro benzene ring substituents is 1. The van der Waals surface area contributed by atoms with Gasteiger partial charge in [0.15, 0.2) is 22.4 Å². The summed E-state index contributed by atoms with van der Waals surface area (Å²) in [5.74, 6) is -1.01. The van der Waals surface area contributed by atoms with Gasteiger partial charge < -0.3 is 14.6 Å². The van der Waals surface area contributed by atoms with Gasteiger partial charge in [0.2, 0.25) is 0 Å². The van der Waals surface area contributed by atoms with Gasteiger partial charge in [-0.2, -0.15) is 0 Å². The highest BCUT2D eigenvalue weighted by Crippen LogP contribution is 2.39. The number of thioether (sulfide) groups is 1. The molecule has 2 aromatic carbocycles. The molecule has 0 unspecified atom stereocenters. The molecule has 0 radical (unpaired) electrons. The Morgan fingerprint density at radius 3 is 2.58 bits per heavy atom. The summed E-state index contributed by atoms with van der Waals surface area (Å²) in [5.41, 5.74) is 0.760. The van der Waals surface area contributed by atoms with E-state index in [1.54, 1.807) is 31.2 Å². The molecule has 0 saturated carbocycles. The number of carboxylic acid groups (broad SMARTS) is 1. The summed E-state index contributed by atoms with van der Waals surface area (Å²) >= 11 is 6.38. The average molecular weight is 460 g/mol. The summed E-state index contributed by atoms with van der Waals surface area (Å²) in [6, 6.07) is 10.5. The van der Waals surface area contributed by atoms with Crippen LogP contribution < -0.4 is 14.4 Å². The van der Waals surface area contributed by atoms with Crippen LogP contribution in [0.4, 0.5) is 11.4 Å². The second kappa shape index (κ2) is 9.58. The van der Waals surface area contributed by atoms with Crippen molar-refractivity contribution in [2.24, 2.45) is 0 Å². The highest BCUT2D eigenvalue weighted by Gasteiger charge is 2.34. The van der Waals surface area contributed by atoms with E-state index in [9.17, 15) is 19.7 Å². The zero-order valence-electron chi connectivity index (χ0n) is 16.1. The molecule has 1 aliphatic heterocycles. The lowest BCUT2D eigenvalue weighted by molar-refractivity contribution is -0.384. The number of aliphatic carboxylic acids is 1. The maximum Gasteiger partial charge on any atom is 0.341 e. The topological polar surface area (TPSA) is 119 Å². The van der Waals surface area contributed by atoms with Gasteiger partial charge in [-0.3, -0.25) is 19.8 Å². The zero-order valence-corrected chi connectivity index (χ0v) is 17.8. The molecule has 1 amide bonds. The number of carbonyl (C=O) groups is 2. The highest BCUT2D eigenvalue weighted by molar-refractivity contribution is 8.27. The standard InChI is InChI=1S/C20H16N2O7S2/c1-2-28-15-5-3-4-12(18(15)29-11-17(23)24)10-16-19(25)21(20(30)31-16)13-6-8-14(9-7-13)22(26)27/h3-10H,2,11H2,1H3,(H,23,24)/b16-10+. The van der Waals surface area contributed by atoms with Crippen molar-refractivity contribution in [2.45, 2.75) is 6.92 Å². The lowest BCUT2D eigenvalue weighted by atomic mass is 10.1. The molecule has 0 atom stereocenters. The predicted octanol–water partition coefficient (Wildman–Crippen LogP) is 3.86. The molecule has 2 aromatic rings. The van der Waals surface area contributed by atoms with Gasteiger partial charge in [0.25, 0.3) is 11.6 Å². The van der Waals surface area contributed by atoms with Crippen LogP contribution in [0.2, 0.25) is 0 Å². The van der Waals surface area contributed by atoms with Crippen molar-refractivity contribution in [3.05, 3.63) is 63.0 Å². The number of carboxylic acids is 1. The Morgan fingerprint density at radius 1 is 1.26 bits per heavy atom. The van der Waals surface area contributed by atoms with Gasteiger partial charge in [-0.05, 0) is 31.2 Å². The van der Waals surface area contributed by atoms with Crippen LogP contribution in [0.15, 0.2) is 47.4 Å². The summed E-state index contributed by atoms with van der Waals surface area (Å²) in [7, 11) is 0. The number of nitro benzene ring substituents is 1. The van der Waals surface area contributed by atoms with Crippen LogP contribution in [0, 0.1) is 10.1 Å². The molecule has 0 spiro atoms. The number of ether oxygens (including phenoxy) is 2. The lowest BCUT2D eigenvalue weighted by Crippen LogP contribution is -2.27. The van der Waals surface area contributed by atoms with Crippen molar-refractivity contribution in [2.75, 3.05) is 18.1 Å². The molecule has 0 aromatic heterocycles. The molecule has 160 valence electrons. The summed E-state index contributed by atoms with van der Waals surface area (Å²) < 4.78 is 11.2. The molecule has 1 aliphatic rings. The van der Waals surface area contributed by atoms with Crippen LogP contribution in [-0.2, 0) is 9.59 Å². The van der Waals surface area contributed by atoms with Crippen molar-refractivity contribution in [3.8, 4) is 11.5 Å². The fourth-order valence-corrected chi connectivity index (χ4v) is 4.05. The molecule has 0 bridgehead atoms. The van der Waals surface area contributed by atoms with Gasteiger partial charge in [0.05, 0.1) is 22.1 Å². The van der Waals surface area contributed by atoms with E-state index in [2.05, 4.69) is 0 Å². The number of hydrogen-bond acceptors (Lipinski definition) is 8. The number of amides is 1. The summed E-state index contributed by atoms with van der Waals surface area (Å²) in [5, 5.41) is 19.8. The Bertz CT molecular complexity index is 1080. The Kier molecular flexibility index (Phi) is 6.88. The van der Waals surface area contributed by atoms with Gasteiger partial charge in [-0.15, -0.1) is 0 Å². The molecule has 3 rings (SSSR count). The molecule has 9 nitrogen and oxygen atoms in total. The molecular weight excluding hydrogens is 444 g/mol. The normalized spacial score (nSPS) is 14.7. The van der Waals surface area contributed by atoms with E-state index >= 15 is 0 Å². The van der Waals surface area contributed by atoms with E-state index < -0.39 is 23.4 Å². The number of nitrogens with zero attached hydrogens (tertiary/aromatic N) is 2. The van der Waals surface area contributed by atoms with Gasteiger partial charge in [-0.1, -0.05) is 36.1 Å². The van der Waals surface area contributed by atoms with Crippen LogP contribution in [0.5, 0.6) is 11.5 Å². The molecule has 1 N–H and O–H groups in total. The van der Waals surface area contributed by atoms with Crippen molar-refractivity contribution < 1.29 is 29.1 Å². The Morgan fingerprint density at radius 2 is 1.97 bits per heavy atom. The summed E-state index contributed by atoms with van der Waals surface area (Å²) in [4.78, 5) is 35.8. The van der Waals surface area contributed by atoms with E-state index in [0.29, 0.717) is 23.6 Å². The minimum Gasteiger partial charge on any atom is -0.490 e. The Hall–Kier alpha value is -3.44. The molecule has 1 fully saturated rings. The van der Waals surface area contributed by atoms with Gasteiger partial charge in [0, 0.05) is 17.7 Å². The SMILES string of the molecule is CCOc1cccc(/C=C2/SC(=S)N(c3ccc([N+](=O)[O-])cc3)C2=O)c1OCC(=O)O.